The van der Waals surface area contributed by atoms with Crippen molar-refractivity contribution in [2.45, 2.75) is 11.3 Å². The van der Waals surface area contributed by atoms with Crippen LogP contribution >= 0.6 is 11.6 Å². The van der Waals surface area contributed by atoms with Crippen LogP contribution < -0.4 is 4.74 Å². The van der Waals surface area contributed by atoms with Crippen LogP contribution in [0.25, 0.3) is 0 Å². The van der Waals surface area contributed by atoms with Gasteiger partial charge in [0.2, 0.25) is 0 Å². The van der Waals surface area contributed by atoms with E-state index in [1.165, 1.54) is 32.4 Å². The van der Waals surface area contributed by atoms with Gasteiger partial charge in [-0.1, -0.05) is 28.2 Å². The molecule has 2 rings (SSSR count). The molecule has 0 bridgehead atoms. The van der Waals surface area contributed by atoms with E-state index < -0.39 is 16.0 Å². The number of methoxy groups -OCH3 is 1. The van der Waals surface area contributed by atoms with Gasteiger partial charge in [0.1, 0.15) is 10.6 Å². The average Bonchev–Trinajstić information content (AvgIpc) is 2.67. The highest BCUT2D eigenvalue weighted by Crippen LogP contribution is 2.25. The van der Waals surface area contributed by atoms with Crippen LogP contribution in [0.2, 0.25) is 5.02 Å². The van der Waals surface area contributed by atoms with Crippen LogP contribution in [0.1, 0.15) is 15.9 Å². The molecule has 0 N–H and O–H groups in total. The van der Waals surface area contributed by atoms with Crippen LogP contribution in [0.4, 0.5) is 0 Å². The first-order valence-corrected chi connectivity index (χ1v) is 9.74. The lowest BCUT2D eigenvalue weighted by atomic mass is 10.1. The van der Waals surface area contributed by atoms with Gasteiger partial charge in [-0.05, 0) is 35.9 Å². The summed E-state index contributed by atoms with van der Waals surface area (Å²) in [4.78, 5) is 16.7. The molecule has 146 valence electrons. The zero-order valence-electron chi connectivity index (χ0n) is 15.1. The van der Waals surface area contributed by atoms with E-state index in [2.05, 4.69) is 0 Å². The molecule has 0 aliphatic rings. The molecule has 27 heavy (non-hydrogen) atoms. The summed E-state index contributed by atoms with van der Waals surface area (Å²) in [5.74, 6) is 0.100. The predicted molar refractivity (Wildman–Crippen MR) is 100 cm³/mol. The van der Waals surface area contributed by atoms with Crippen LogP contribution in [0.5, 0.6) is 5.75 Å². The first-order chi connectivity index (χ1) is 12.8. The van der Waals surface area contributed by atoms with E-state index in [4.69, 9.17) is 25.9 Å². The van der Waals surface area contributed by atoms with Gasteiger partial charge in [-0.2, -0.15) is 0 Å². The fraction of sp³-hybridized carbons (Fsp3) is 0.278. The maximum absolute atomic E-state index is 12.4. The molecule has 0 saturated carbocycles. The summed E-state index contributed by atoms with van der Waals surface area (Å²) in [6.45, 7) is 0.147. The van der Waals surface area contributed by atoms with Crippen molar-refractivity contribution in [3.05, 3.63) is 58.6 Å². The monoisotopic (exact) mass is 413 g/mol. The zero-order valence-corrected chi connectivity index (χ0v) is 16.7. The lowest BCUT2D eigenvalue weighted by molar-refractivity contribution is -0.0258. The Bertz CT molecular complexity index is 899. The van der Waals surface area contributed by atoms with Gasteiger partial charge in [0.05, 0.1) is 31.4 Å². The third kappa shape index (κ3) is 5.20. The van der Waals surface area contributed by atoms with Crippen molar-refractivity contribution < 1.29 is 27.5 Å². The molecule has 2 aromatic carbocycles. The molecule has 0 fully saturated rings. The van der Waals surface area contributed by atoms with Gasteiger partial charge in [-0.15, -0.1) is 0 Å². The molecule has 0 aromatic heterocycles. The normalized spacial score (nSPS) is 11.4. The number of nitrogens with zero attached hydrogens (tertiary/aromatic N) is 1. The number of sulfonamides is 1. The predicted octanol–water partition coefficient (Wildman–Crippen LogP) is 2.93. The van der Waals surface area contributed by atoms with Crippen LogP contribution in [-0.2, 0) is 26.0 Å². The summed E-state index contributed by atoms with van der Waals surface area (Å²) >= 11 is 5.97. The highest BCUT2D eigenvalue weighted by molar-refractivity contribution is 7.89. The lowest BCUT2D eigenvalue weighted by Crippen LogP contribution is -2.26. The molecule has 2 aromatic rings. The van der Waals surface area contributed by atoms with Crippen LogP contribution in [0, 0.1) is 0 Å². The van der Waals surface area contributed by atoms with E-state index in [9.17, 15) is 13.2 Å². The Labute approximate surface area is 163 Å². The van der Waals surface area contributed by atoms with E-state index in [-0.39, 0.29) is 22.1 Å². The van der Waals surface area contributed by atoms with Gasteiger partial charge in [0, 0.05) is 13.5 Å². The Morgan fingerprint density at radius 2 is 1.78 bits per heavy atom. The standard InChI is InChI=1S/C18H20ClNO6S/c1-20(25-3)27(22,23)17-12-14(6-9-16(17)19)18(21)26-11-10-13-4-7-15(24-2)8-5-13/h4-9,12H,10-11H2,1-3H3. The van der Waals surface area contributed by atoms with E-state index >= 15 is 0 Å². The molecule has 9 heteroatoms. The van der Waals surface area contributed by atoms with Crippen molar-refractivity contribution in [2.75, 3.05) is 27.9 Å². The molecular formula is C18H20ClNO6S. The summed E-state index contributed by atoms with van der Waals surface area (Å²) in [5, 5.41) is -0.0197. The summed E-state index contributed by atoms with van der Waals surface area (Å²) in [6.07, 6.45) is 0.515. The molecule has 0 atom stereocenters. The van der Waals surface area contributed by atoms with E-state index in [0.29, 0.717) is 10.9 Å². The third-order valence-corrected chi connectivity index (χ3v) is 5.98. The Morgan fingerprint density at radius 1 is 1.11 bits per heavy atom. The number of hydrogen-bond acceptors (Lipinski definition) is 6. The largest absolute Gasteiger partial charge is 0.497 e. The number of hydroxylamine groups is 1. The molecule has 0 aliphatic carbocycles. The van der Waals surface area contributed by atoms with E-state index in [1.807, 2.05) is 24.3 Å². The molecule has 0 radical (unpaired) electrons. The van der Waals surface area contributed by atoms with Crippen LogP contribution in [0.15, 0.2) is 47.4 Å². The molecule has 0 aliphatic heterocycles. The minimum absolute atomic E-state index is 0.0197. The molecule has 0 unspecified atom stereocenters. The van der Waals surface area contributed by atoms with Crippen molar-refractivity contribution in [1.29, 1.82) is 0 Å². The number of rotatable bonds is 8. The summed E-state index contributed by atoms with van der Waals surface area (Å²) in [5.41, 5.74) is 1.06. The number of carbonyl (C=O) groups is 1. The van der Waals surface area contributed by atoms with Gasteiger partial charge in [0.25, 0.3) is 10.0 Å². The van der Waals surface area contributed by atoms with Crippen LogP contribution in [-0.4, -0.2) is 46.7 Å². The second-order valence-electron chi connectivity index (χ2n) is 5.48. The fourth-order valence-corrected chi connectivity index (χ4v) is 3.68. The second-order valence-corrected chi connectivity index (χ2v) is 7.79. The number of esters is 1. The van der Waals surface area contributed by atoms with Crippen molar-refractivity contribution in [3.63, 3.8) is 0 Å². The van der Waals surface area contributed by atoms with Crippen molar-refractivity contribution in [1.82, 2.24) is 4.47 Å². The summed E-state index contributed by atoms with van der Waals surface area (Å²) < 4.78 is 35.7. The lowest BCUT2D eigenvalue weighted by Gasteiger charge is -2.15. The van der Waals surface area contributed by atoms with E-state index in [0.717, 1.165) is 11.3 Å². The number of carbonyl (C=O) groups excluding carboxylic acids is 1. The van der Waals surface area contributed by atoms with Gasteiger partial charge in [-0.3, -0.25) is 4.84 Å². The van der Waals surface area contributed by atoms with Gasteiger partial charge < -0.3 is 9.47 Å². The molecule has 0 spiro atoms. The molecule has 0 heterocycles. The minimum atomic E-state index is -3.99. The SMILES string of the molecule is COc1ccc(CCOC(=O)c2ccc(Cl)c(S(=O)(=O)N(C)OC)c2)cc1. The molecule has 0 amide bonds. The Morgan fingerprint density at radius 3 is 2.37 bits per heavy atom. The minimum Gasteiger partial charge on any atom is -0.497 e. The molecular weight excluding hydrogens is 394 g/mol. The number of ether oxygens (including phenoxy) is 2. The highest BCUT2D eigenvalue weighted by Gasteiger charge is 2.25. The first kappa shape index (κ1) is 21.2. The maximum Gasteiger partial charge on any atom is 0.338 e. The fourth-order valence-electron chi connectivity index (χ4n) is 2.20. The molecule has 0 saturated heterocycles. The zero-order chi connectivity index (χ0) is 20.0. The summed E-state index contributed by atoms with van der Waals surface area (Å²) in [7, 11) is 0.0375. The third-order valence-electron chi connectivity index (χ3n) is 3.82. The quantitative estimate of drug-likeness (QED) is 0.489. The Hall–Kier alpha value is -2.13. The molecule has 7 nitrogen and oxygen atoms in total. The van der Waals surface area contributed by atoms with Crippen molar-refractivity contribution in [3.8, 4) is 5.75 Å². The average molecular weight is 414 g/mol. The smallest absolute Gasteiger partial charge is 0.338 e. The summed E-state index contributed by atoms with van der Waals surface area (Å²) in [6, 6.07) is 11.3. The number of halogens is 1. The van der Waals surface area contributed by atoms with Gasteiger partial charge >= 0.3 is 5.97 Å². The second kappa shape index (κ2) is 9.18. The number of hydrogen-bond donors (Lipinski definition) is 0. The van der Waals surface area contributed by atoms with E-state index in [1.54, 1.807) is 7.11 Å². The van der Waals surface area contributed by atoms with Gasteiger partial charge in [-0.25, -0.2) is 13.2 Å². The van der Waals surface area contributed by atoms with Gasteiger partial charge in [0.15, 0.2) is 0 Å². The topological polar surface area (TPSA) is 82.1 Å². The maximum atomic E-state index is 12.4. The van der Waals surface area contributed by atoms with Crippen LogP contribution in [0.3, 0.4) is 0 Å². The van der Waals surface area contributed by atoms with Crippen molar-refractivity contribution in [2.24, 2.45) is 0 Å². The number of benzene rings is 2. The van der Waals surface area contributed by atoms with Crippen molar-refractivity contribution >= 4 is 27.6 Å². The highest BCUT2D eigenvalue weighted by atomic mass is 35.5. The Balaban J connectivity index is 2.07. The first-order valence-electron chi connectivity index (χ1n) is 7.92. The Kier molecular flexibility index (Phi) is 7.20.